The van der Waals surface area contributed by atoms with Crippen molar-refractivity contribution in [2.75, 3.05) is 12.3 Å². The van der Waals surface area contributed by atoms with Crippen LogP contribution in [0.2, 0.25) is 0 Å². The lowest BCUT2D eigenvalue weighted by Gasteiger charge is -2.18. The van der Waals surface area contributed by atoms with Crippen molar-refractivity contribution in [1.82, 2.24) is 10.3 Å². The van der Waals surface area contributed by atoms with E-state index in [0.29, 0.717) is 6.04 Å². The van der Waals surface area contributed by atoms with Crippen LogP contribution in [0.1, 0.15) is 18.1 Å². The van der Waals surface area contributed by atoms with E-state index in [1.807, 2.05) is 18.3 Å². The van der Waals surface area contributed by atoms with Gasteiger partial charge in [-0.05, 0) is 36.6 Å². The molecule has 0 aliphatic heterocycles. The fourth-order valence-corrected chi connectivity index (χ4v) is 2.28. The lowest BCUT2D eigenvalue weighted by Crippen LogP contribution is -2.33. The third kappa shape index (κ3) is 4.07. The van der Waals surface area contributed by atoms with E-state index in [1.54, 1.807) is 6.20 Å². The predicted molar refractivity (Wildman–Crippen MR) is 80.0 cm³/mol. The molecule has 1 atom stereocenters. The summed E-state index contributed by atoms with van der Waals surface area (Å²) in [5, 5.41) is 3.52. The lowest BCUT2D eigenvalue weighted by molar-refractivity contribution is 0.521. The Labute approximate surface area is 114 Å². The monoisotopic (exact) mass is 255 g/mol. The first-order valence-electron chi connectivity index (χ1n) is 6.75. The van der Waals surface area contributed by atoms with Gasteiger partial charge in [0.1, 0.15) is 0 Å². The zero-order valence-corrected chi connectivity index (χ0v) is 11.3. The van der Waals surface area contributed by atoms with Crippen LogP contribution in [-0.4, -0.2) is 17.6 Å². The second-order valence-electron chi connectivity index (χ2n) is 4.72. The highest BCUT2D eigenvalue weighted by molar-refractivity contribution is 5.44. The number of pyridine rings is 1. The topological polar surface area (TPSA) is 50.9 Å². The van der Waals surface area contributed by atoms with Crippen molar-refractivity contribution in [2.45, 2.75) is 25.8 Å². The molecule has 0 bridgehead atoms. The second kappa shape index (κ2) is 6.90. The van der Waals surface area contributed by atoms with Gasteiger partial charge >= 0.3 is 0 Å². The molecule has 1 aromatic heterocycles. The first-order chi connectivity index (χ1) is 9.29. The third-order valence-electron chi connectivity index (χ3n) is 3.23. The first-order valence-corrected chi connectivity index (χ1v) is 6.75. The third-order valence-corrected chi connectivity index (χ3v) is 3.23. The molecule has 0 aliphatic carbocycles. The van der Waals surface area contributed by atoms with E-state index in [9.17, 15) is 0 Å². The number of anilines is 1. The van der Waals surface area contributed by atoms with Crippen LogP contribution in [0.5, 0.6) is 0 Å². The number of likely N-dealkylation sites (N-methyl/N-ethyl adjacent to an activating group) is 1. The van der Waals surface area contributed by atoms with Gasteiger partial charge in [-0.15, -0.1) is 0 Å². The van der Waals surface area contributed by atoms with Crippen molar-refractivity contribution in [3.63, 3.8) is 0 Å². The summed E-state index contributed by atoms with van der Waals surface area (Å²) in [4.78, 5) is 4.16. The number of nitrogens with zero attached hydrogens (tertiary/aromatic N) is 1. The van der Waals surface area contributed by atoms with Crippen molar-refractivity contribution >= 4 is 5.69 Å². The highest BCUT2D eigenvalue weighted by Gasteiger charge is 2.11. The Morgan fingerprint density at radius 2 is 1.95 bits per heavy atom. The summed E-state index contributed by atoms with van der Waals surface area (Å²) in [5.41, 5.74) is 9.27. The summed E-state index contributed by atoms with van der Waals surface area (Å²) in [6.07, 6.45) is 5.51. The molecule has 0 saturated carbocycles. The quantitative estimate of drug-likeness (QED) is 0.833. The van der Waals surface area contributed by atoms with Gasteiger partial charge in [0, 0.05) is 24.1 Å². The highest BCUT2D eigenvalue weighted by atomic mass is 14.9. The fourth-order valence-electron chi connectivity index (χ4n) is 2.28. The molecule has 0 aliphatic rings. The zero-order chi connectivity index (χ0) is 13.5. The Morgan fingerprint density at radius 3 is 2.63 bits per heavy atom. The Kier molecular flexibility index (Phi) is 4.93. The van der Waals surface area contributed by atoms with Gasteiger partial charge < -0.3 is 11.1 Å². The van der Waals surface area contributed by atoms with Crippen LogP contribution in [0, 0.1) is 0 Å². The molecule has 1 unspecified atom stereocenters. The van der Waals surface area contributed by atoms with E-state index in [0.717, 1.165) is 30.6 Å². The number of aromatic nitrogens is 1. The van der Waals surface area contributed by atoms with Gasteiger partial charge in [0.15, 0.2) is 0 Å². The number of hydrogen-bond acceptors (Lipinski definition) is 3. The lowest BCUT2D eigenvalue weighted by atomic mass is 9.99. The van der Waals surface area contributed by atoms with E-state index in [2.05, 4.69) is 41.5 Å². The van der Waals surface area contributed by atoms with E-state index in [1.165, 1.54) is 5.56 Å². The van der Waals surface area contributed by atoms with Gasteiger partial charge in [0.05, 0.1) is 0 Å². The summed E-state index contributed by atoms with van der Waals surface area (Å²) < 4.78 is 0. The van der Waals surface area contributed by atoms with E-state index < -0.39 is 0 Å². The molecular weight excluding hydrogens is 234 g/mol. The number of nitrogens with two attached hydrogens (primary N) is 1. The van der Waals surface area contributed by atoms with Crippen LogP contribution in [-0.2, 0) is 12.8 Å². The van der Waals surface area contributed by atoms with Crippen LogP contribution in [0.15, 0.2) is 48.8 Å². The average Bonchev–Trinajstić information content (AvgIpc) is 2.43. The second-order valence-corrected chi connectivity index (χ2v) is 4.72. The minimum atomic E-state index is 0.388. The largest absolute Gasteiger partial charge is 0.398 e. The summed E-state index contributed by atoms with van der Waals surface area (Å²) in [6.45, 7) is 3.09. The maximum atomic E-state index is 5.99. The molecule has 0 saturated heterocycles. The molecule has 3 nitrogen and oxygen atoms in total. The van der Waals surface area contributed by atoms with Gasteiger partial charge in [0.2, 0.25) is 0 Å². The van der Waals surface area contributed by atoms with E-state index >= 15 is 0 Å². The van der Waals surface area contributed by atoms with Crippen molar-refractivity contribution in [3.05, 3.63) is 59.9 Å². The normalized spacial score (nSPS) is 12.3. The number of rotatable bonds is 6. The molecule has 0 spiro atoms. The van der Waals surface area contributed by atoms with Crippen molar-refractivity contribution in [2.24, 2.45) is 0 Å². The van der Waals surface area contributed by atoms with E-state index in [-0.39, 0.29) is 0 Å². The standard InChI is InChI=1S/C16H21N3/c1-2-19-15(10-13-6-4-3-5-7-13)11-14-12-18-9-8-16(14)17/h3-9,12,15,19H,2,10-11H2,1H3,(H2,17,18). The summed E-state index contributed by atoms with van der Waals surface area (Å²) >= 11 is 0. The summed E-state index contributed by atoms with van der Waals surface area (Å²) in [6, 6.07) is 12.8. The molecule has 3 N–H and O–H groups in total. The van der Waals surface area contributed by atoms with Gasteiger partial charge in [-0.1, -0.05) is 37.3 Å². The van der Waals surface area contributed by atoms with Gasteiger partial charge in [-0.2, -0.15) is 0 Å². The van der Waals surface area contributed by atoms with Crippen LogP contribution in [0.25, 0.3) is 0 Å². The average molecular weight is 255 g/mol. The molecule has 2 rings (SSSR count). The highest BCUT2D eigenvalue weighted by Crippen LogP contribution is 2.14. The van der Waals surface area contributed by atoms with Crippen molar-refractivity contribution in [3.8, 4) is 0 Å². The maximum Gasteiger partial charge on any atom is 0.0378 e. The van der Waals surface area contributed by atoms with Gasteiger partial charge in [-0.25, -0.2) is 0 Å². The Bertz CT molecular complexity index is 496. The van der Waals surface area contributed by atoms with Crippen LogP contribution < -0.4 is 11.1 Å². The number of nitrogens with one attached hydrogen (secondary N) is 1. The summed E-state index contributed by atoms with van der Waals surface area (Å²) in [7, 11) is 0. The Balaban J connectivity index is 2.06. The fraction of sp³-hybridized carbons (Fsp3) is 0.312. The molecule has 19 heavy (non-hydrogen) atoms. The van der Waals surface area contributed by atoms with Crippen molar-refractivity contribution < 1.29 is 0 Å². The number of nitrogen functional groups attached to an aromatic ring is 1. The smallest absolute Gasteiger partial charge is 0.0378 e. The minimum absolute atomic E-state index is 0.388. The number of benzene rings is 1. The molecule has 0 radical (unpaired) electrons. The molecule has 0 fully saturated rings. The van der Waals surface area contributed by atoms with Crippen molar-refractivity contribution in [1.29, 1.82) is 0 Å². The van der Waals surface area contributed by atoms with E-state index in [4.69, 9.17) is 5.73 Å². The van der Waals surface area contributed by atoms with Gasteiger partial charge in [-0.3, -0.25) is 4.98 Å². The minimum Gasteiger partial charge on any atom is -0.398 e. The SMILES string of the molecule is CCNC(Cc1ccccc1)Cc1cnccc1N. The molecule has 1 heterocycles. The molecule has 100 valence electrons. The molecule has 3 heteroatoms. The first kappa shape index (κ1) is 13.6. The predicted octanol–water partition coefficient (Wildman–Crippen LogP) is 2.43. The molecule has 1 aromatic carbocycles. The Hall–Kier alpha value is -1.87. The Morgan fingerprint density at radius 1 is 1.16 bits per heavy atom. The molecule has 2 aromatic rings. The molecular formula is C16H21N3. The zero-order valence-electron chi connectivity index (χ0n) is 11.3. The van der Waals surface area contributed by atoms with Crippen LogP contribution in [0.4, 0.5) is 5.69 Å². The van der Waals surface area contributed by atoms with Gasteiger partial charge in [0.25, 0.3) is 0 Å². The van der Waals surface area contributed by atoms with Crippen LogP contribution >= 0.6 is 0 Å². The van der Waals surface area contributed by atoms with Crippen LogP contribution in [0.3, 0.4) is 0 Å². The number of hydrogen-bond donors (Lipinski definition) is 2. The summed E-state index contributed by atoms with van der Waals surface area (Å²) in [5.74, 6) is 0. The maximum absolute atomic E-state index is 5.99. The molecule has 0 amide bonds.